The fraction of sp³-hybridized carbons (Fsp3) is 0.286. The van der Waals surface area contributed by atoms with Gasteiger partial charge in [0.15, 0.2) is 0 Å². The minimum absolute atomic E-state index is 0.412. The summed E-state index contributed by atoms with van der Waals surface area (Å²) in [4.78, 5) is 18.9. The van der Waals surface area contributed by atoms with Crippen LogP contribution < -0.4 is 5.73 Å². The van der Waals surface area contributed by atoms with Crippen molar-refractivity contribution in [3.05, 3.63) is 41.2 Å². The maximum atomic E-state index is 11.2. The molecule has 0 radical (unpaired) electrons. The summed E-state index contributed by atoms with van der Waals surface area (Å²) < 4.78 is 0. The lowest BCUT2D eigenvalue weighted by atomic mass is 10.0. The number of H-pyrrole nitrogens is 1. The SMILES string of the molecule is Cc1ccc(C(N)=O)cc1-c1ncc(C2CC2)[nH]1. The normalized spacial score (nSPS) is 14.7. The lowest BCUT2D eigenvalue weighted by Crippen LogP contribution is -2.11. The van der Waals surface area contributed by atoms with Crippen LogP contribution in [0, 0.1) is 6.92 Å². The first-order chi connectivity index (χ1) is 8.65. The van der Waals surface area contributed by atoms with E-state index in [2.05, 4.69) is 9.97 Å². The molecule has 1 fully saturated rings. The van der Waals surface area contributed by atoms with Gasteiger partial charge in [0.1, 0.15) is 5.82 Å². The van der Waals surface area contributed by atoms with Crippen LogP contribution in [-0.4, -0.2) is 15.9 Å². The van der Waals surface area contributed by atoms with Gasteiger partial charge >= 0.3 is 0 Å². The summed E-state index contributed by atoms with van der Waals surface area (Å²) in [7, 11) is 0. The number of nitrogens with two attached hydrogens (primary N) is 1. The average Bonchev–Trinajstić information content (AvgIpc) is 3.08. The van der Waals surface area contributed by atoms with Gasteiger partial charge < -0.3 is 10.7 Å². The zero-order valence-electron chi connectivity index (χ0n) is 10.2. The van der Waals surface area contributed by atoms with Crippen molar-refractivity contribution >= 4 is 5.91 Å². The summed E-state index contributed by atoms with van der Waals surface area (Å²) in [6.45, 7) is 2.00. The minimum atomic E-state index is -0.412. The summed E-state index contributed by atoms with van der Waals surface area (Å²) in [6, 6.07) is 5.44. The standard InChI is InChI=1S/C14H15N3O/c1-8-2-3-10(13(15)18)6-11(8)14-16-7-12(17-14)9-4-5-9/h2-3,6-7,9H,4-5H2,1H3,(H2,15,18)(H,16,17). The summed E-state index contributed by atoms with van der Waals surface area (Å²) in [5.74, 6) is 1.05. The van der Waals surface area contributed by atoms with Crippen LogP contribution in [0.5, 0.6) is 0 Å². The zero-order chi connectivity index (χ0) is 12.7. The Kier molecular flexibility index (Phi) is 2.44. The van der Waals surface area contributed by atoms with Crippen molar-refractivity contribution in [2.75, 3.05) is 0 Å². The van der Waals surface area contributed by atoms with Gasteiger partial charge in [-0.15, -0.1) is 0 Å². The number of imidazole rings is 1. The van der Waals surface area contributed by atoms with Crippen LogP contribution >= 0.6 is 0 Å². The van der Waals surface area contributed by atoms with Crippen LogP contribution in [0.25, 0.3) is 11.4 Å². The number of benzene rings is 1. The third kappa shape index (κ3) is 1.90. The molecule has 1 saturated carbocycles. The van der Waals surface area contributed by atoms with E-state index in [-0.39, 0.29) is 0 Å². The maximum absolute atomic E-state index is 11.2. The molecule has 4 heteroatoms. The minimum Gasteiger partial charge on any atom is -0.366 e. The highest BCUT2D eigenvalue weighted by atomic mass is 16.1. The van der Waals surface area contributed by atoms with Crippen LogP contribution in [-0.2, 0) is 0 Å². The van der Waals surface area contributed by atoms with Crippen LogP contribution in [0.2, 0.25) is 0 Å². The topological polar surface area (TPSA) is 71.8 Å². The fourth-order valence-electron chi connectivity index (χ4n) is 2.10. The molecule has 1 aromatic carbocycles. The second-order valence-electron chi connectivity index (χ2n) is 4.86. The molecule has 0 aliphatic heterocycles. The zero-order valence-corrected chi connectivity index (χ0v) is 10.2. The van der Waals surface area contributed by atoms with Crippen molar-refractivity contribution in [3.63, 3.8) is 0 Å². The molecule has 1 amide bonds. The Hall–Kier alpha value is -2.10. The predicted octanol–water partition coefficient (Wildman–Crippen LogP) is 2.36. The number of nitrogens with one attached hydrogen (secondary N) is 1. The molecule has 18 heavy (non-hydrogen) atoms. The van der Waals surface area contributed by atoms with Gasteiger partial charge in [-0.3, -0.25) is 4.79 Å². The molecule has 3 rings (SSSR count). The molecule has 1 aliphatic rings. The van der Waals surface area contributed by atoms with Crippen LogP contribution in [0.3, 0.4) is 0 Å². The fourth-order valence-corrected chi connectivity index (χ4v) is 2.10. The van der Waals surface area contributed by atoms with Crippen molar-refractivity contribution in [2.45, 2.75) is 25.7 Å². The Labute approximate surface area is 105 Å². The molecule has 0 unspecified atom stereocenters. The Morgan fingerprint density at radius 1 is 1.44 bits per heavy atom. The van der Waals surface area contributed by atoms with Gasteiger partial charge in [0, 0.05) is 28.9 Å². The van der Waals surface area contributed by atoms with Crippen molar-refractivity contribution in [2.24, 2.45) is 5.73 Å². The first kappa shape index (κ1) is 11.0. The highest BCUT2D eigenvalue weighted by Gasteiger charge is 2.25. The number of aromatic nitrogens is 2. The molecule has 0 spiro atoms. The van der Waals surface area contributed by atoms with Gasteiger partial charge in [0.05, 0.1) is 0 Å². The van der Waals surface area contributed by atoms with Gasteiger partial charge in [-0.2, -0.15) is 0 Å². The molecule has 3 N–H and O–H groups in total. The number of aryl methyl sites for hydroxylation is 1. The van der Waals surface area contributed by atoms with Crippen molar-refractivity contribution in [1.82, 2.24) is 9.97 Å². The van der Waals surface area contributed by atoms with Crippen LogP contribution in [0.15, 0.2) is 24.4 Å². The Bertz CT molecular complexity index is 611. The number of nitrogens with zero attached hydrogens (tertiary/aromatic N) is 1. The second kappa shape index (κ2) is 3.98. The molecular formula is C14H15N3O. The molecule has 0 atom stereocenters. The lowest BCUT2D eigenvalue weighted by Gasteiger charge is -2.04. The molecular weight excluding hydrogens is 226 g/mol. The number of hydrogen-bond donors (Lipinski definition) is 2. The van der Waals surface area contributed by atoms with E-state index in [1.54, 1.807) is 12.1 Å². The summed E-state index contributed by atoms with van der Waals surface area (Å²) in [6.07, 6.45) is 4.37. The van der Waals surface area contributed by atoms with Gasteiger partial charge in [-0.25, -0.2) is 4.98 Å². The molecule has 4 nitrogen and oxygen atoms in total. The third-order valence-corrected chi connectivity index (χ3v) is 3.39. The maximum Gasteiger partial charge on any atom is 0.248 e. The average molecular weight is 241 g/mol. The van der Waals surface area contributed by atoms with Crippen LogP contribution in [0.4, 0.5) is 0 Å². The molecule has 1 aliphatic carbocycles. The van der Waals surface area contributed by atoms with E-state index in [9.17, 15) is 4.79 Å². The number of hydrogen-bond acceptors (Lipinski definition) is 2. The summed E-state index contributed by atoms with van der Waals surface area (Å²) in [5.41, 5.74) is 9.03. The van der Waals surface area contributed by atoms with E-state index >= 15 is 0 Å². The van der Waals surface area contributed by atoms with E-state index in [0.29, 0.717) is 11.5 Å². The largest absolute Gasteiger partial charge is 0.366 e. The molecule has 92 valence electrons. The number of carbonyl (C=O) groups is 1. The second-order valence-corrected chi connectivity index (χ2v) is 4.86. The molecule has 0 saturated heterocycles. The number of amides is 1. The summed E-state index contributed by atoms with van der Waals surface area (Å²) >= 11 is 0. The molecule has 0 bridgehead atoms. The molecule has 1 aromatic heterocycles. The quantitative estimate of drug-likeness (QED) is 0.865. The van der Waals surface area contributed by atoms with Gasteiger partial charge in [0.2, 0.25) is 5.91 Å². The highest BCUT2D eigenvalue weighted by molar-refractivity contribution is 5.94. The van der Waals surface area contributed by atoms with Gasteiger partial charge in [-0.05, 0) is 37.5 Å². The third-order valence-electron chi connectivity index (χ3n) is 3.39. The van der Waals surface area contributed by atoms with E-state index in [0.717, 1.165) is 17.0 Å². The Balaban J connectivity index is 2.03. The monoisotopic (exact) mass is 241 g/mol. The Morgan fingerprint density at radius 2 is 2.22 bits per heavy atom. The van der Waals surface area contributed by atoms with Gasteiger partial charge in [-0.1, -0.05) is 6.07 Å². The van der Waals surface area contributed by atoms with E-state index < -0.39 is 5.91 Å². The first-order valence-electron chi connectivity index (χ1n) is 6.11. The van der Waals surface area contributed by atoms with Crippen molar-refractivity contribution < 1.29 is 4.79 Å². The van der Waals surface area contributed by atoms with E-state index in [1.165, 1.54) is 18.5 Å². The Morgan fingerprint density at radius 3 is 2.89 bits per heavy atom. The van der Waals surface area contributed by atoms with Crippen molar-refractivity contribution in [3.8, 4) is 11.4 Å². The van der Waals surface area contributed by atoms with Crippen molar-refractivity contribution in [1.29, 1.82) is 0 Å². The van der Waals surface area contributed by atoms with Gasteiger partial charge in [0.25, 0.3) is 0 Å². The predicted molar refractivity (Wildman–Crippen MR) is 69.3 cm³/mol. The number of carbonyl (C=O) groups excluding carboxylic acids is 1. The summed E-state index contributed by atoms with van der Waals surface area (Å²) in [5, 5.41) is 0. The number of aromatic amines is 1. The first-order valence-corrected chi connectivity index (χ1v) is 6.11. The van der Waals surface area contributed by atoms with E-state index in [4.69, 9.17) is 5.73 Å². The molecule has 2 aromatic rings. The number of rotatable bonds is 3. The van der Waals surface area contributed by atoms with Crippen LogP contribution in [0.1, 0.15) is 40.4 Å². The highest BCUT2D eigenvalue weighted by Crippen LogP contribution is 2.39. The number of primary amides is 1. The lowest BCUT2D eigenvalue weighted by molar-refractivity contribution is 0.100. The van der Waals surface area contributed by atoms with E-state index in [1.807, 2.05) is 19.2 Å². The smallest absolute Gasteiger partial charge is 0.248 e. The molecule has 1 heterocycles.